The van der Waals surface area contributed by atoms with Gasteiger partial charge < -0.3 is 10.6 Å². The van der Waals surface area contributed by atoms with Crippen molar-refractivity contribution in [2.24, 2.45) is 5.92 Å². The van der Waals surface area contributed by atoms with Gasteiger partial charge in [0.1, 0.15) is 0 Å². The minimum Gasteiger partial charge on any atom is -0.334 e. The van der Waals surface area contributed by atoms with Gasteiger partial charge in [-0.1, -0.05) is 48.7 Å². The average Bonchev–Trinajstić information content (AvgIpc) is 2.91. The van der Waals surface area contributed by atoms with Gasteiger partial charge in [0.15, 0.2) is 0 Å². The zero-order chi connectivity index (χ0) is 13.5. The SMILES string of the molecule is O=C(N/C=C/C1CCCC1)NCc1ccccc1Cl. The van der Waals surface area contributed by atoms with Crippen molar-refractivity contribution in [2.75, 3.05) is 0 Å². The molecule has 1 aliphatic rings. The fourth-order valence-electron chi connectivity index (χ4n) is 2.28. The Hall–Kier alpha value is -1.48. The Labute approximate surface area is 119 Å². The second kappa shape index (κ2) is 7.19. The predicted octanol–water partition coefficient (Wildman–Crippen LogP) is 3.84. The van der Waals surface area contributed by atoms with Crippen LogP contribution < -0.4 is 10.6 Å². The van der Waals surface area contributed by atoms with Gasteiger partial charge >= 0.3 is 6.03 Å². The summed E-state index contributed by atoms with van der Waals surface area (Å²) in [6.45, 7) is 0.433. The molecule has 1 aromatic carbocycles. The normalized spacial score (nSPS) is 15.8. The van der Waals surface area contributed by atoms with Crippen LogP contribution in [0.2, 0.25) is 5.02 Å². The van der Waals surface area contributed by atoms with Crippen LogP contribution in [0.4, 0.5) is 4.79 Å². The highest BCUT2D eigenvalue weighted by atomic mass is 35.5. The molecule has 0 radical (unpaired) electrons. The number of carbonyl (C=O) groups is 1. The molecule has 0 aromatic heterocycles. The smallest absolute Gasteiger partial charge is 0.319 e. The fourth-order valence-corrected chi connectivity index (χ4v) is 2.48. The molecule has 2 amide bonds. The van der Waals surface area contributed by atoms with Crippen molar-refractivity contribution in [1.29, 1.82) is 0 Å². The molecule has 0 bridgehead atoms. The Kier molecular flexibility index (Phi) is 5.28. The van der Waals surface area contributed by atoms with Crippen LogP contribution >= 0.6 is 11.6 Å². The average molecular weight is 279 g/mol. The van der Waals surface area contributed by atoms with E-state index in [1.165, 1.54) is 25.7 Å². The summed E-state index contributed by atoms with van der Waals surface area (Å²) in [7, 11) is 0. The molecule has 19 heavy (non-hydrogen) atoms. The molecule has 1 saturated carbocycles. The van der Waals surface area contributed by atoms with Gasteiger partial charge in [0.05, 0.1) is 0 Å². The molecular weight excluding hydrogens is 260 g/mol. The van der Waals surface area contributed by atoms with Gasteiger partial charge in [0.25, 0.3) is 0 Å². The molecule has 0 spiro atoms. The van der Waals surface area contributed by atoms with Crippen molar-refractivity contribution < 1.29 is 4.79 Å². The van der Waals surface area contributed by atoms with E-state index in [0.29, 0.717) is 17.5 Å². The monoisotopic (exact) mass is 278 g/mol. The molecule has 0 unspecified atom stereocenters. The number of allylic oxidation sites excluding steroid dienone is 1. The first kappa shape index (κ1) is 13.9. The molecule has 3 nitrogen and oxygen atoms in total. The first-order valence-corrected chi connectivity index (χ1v) is 7.08. The summed E-state index contributed by atoms with van der Waals surface area (Å²) in [6.07, 6.45) is 8.90. The van der Waals surface area contributed by atoms with Crippen LogP contribution in [0.3, 0.4) is 0 Å². The number of rotatable bonds is 4. The van der Waals surface area contributed by atoms with Crippen LogP contribution in [0.15, 0.2) is 36.5 Å². The van der Waals surface area contributed by atoms with Crippen LogP contribution in [-0.2, 0) is 6.54 Å². The topological polar surface area (TPSA) is 41.1 Å². The summed E-state index contributed by atoms with van der Waals surface area (Å²) < 4.78 is 0. The van der Waals surface area contributed by atoms with Crippen molar-refractivity contribution >= 4 is 17.6 Å². The van der Waals surface area contributed by atoms with Crippen molar-refractivity contribution in [1.82, 2.24) is 10.6 Å². The largest absolute Gasteiger partial charge is 0.334 e. The molecular formula is C15H19ClN2O. The maximum absolute atomic E-state index is 11.6. The summed E-state index contributed by atoms with van der Waals surface area (Å²) in [4.78, 5) is 11.6. The number of urea groups is 1. The number of amides is 2. The Bertz CT molecular complexity index is 453. The Morgan fingerprint density at radius 3 is 2.79 bits per heavy atom. The molecule has 1 aliphatic carbocycles. The van der Waals surface area contributed by atoms with E-state index in [1.54, 1.807) is 6.20 Å². The standard InChI is InChI=1S/C15H19ClN2O/c16-14-8-4-3-7-13(14)11-18-15(19)17-10-9-12-5-1-2-6-12/h3-4,7-10,12H,1-2,5-6,11H2,(H2,17,18,19)/b10-9+. The van der Waals surface area contributed by atoms with Crippen molar-refractivity contribution in [3.8, 4) is 0 Å². The highest BCUT2D eigenvalue weighted by molar-refractivity contribution is 6.31. The maximum atomic E-state index is 11.6. The molecule has 0 aliphatic heterocycles. The van der Waals surface area contributed by atoms with Crippen molar-refractivity contribution in [2.45, 2.75) is 32.2 Å². The van der Waals surface area contributed by atoms with Gasteiger partial charge in [-0.3, -0.25) is 0 Å². The molecule has 102 valence electrons. The van der Waals surface area contributed by atoms with Crippen molar-refractivity contribution in [3.63, 3.8) is 0 Å². The number of carbonyl (C=O) groups excluding carboxylic acids is 1. The van der Waals surface area contributed by atoms with Gasteiger partial charge in [0.2, 0.25) is 0 Å². The van der Waals surface area contributed by atoms with Crippen molar-refractivity contribution in [3.05, 3.63) is 47.1 Å². The third-order valence-corrected chi connectivity index (χ3v) is 3.75. The minimum absolute atomic E-state index is 0.200. The number of hydrogen-bond donors (Lipinski definition) is 2. The second-order valence-electron chi connectivity index (χ2n) is 4.82. The summed E-state index contributed by atoms with van der Waals surface area (Å²) in [6, 6.07) is 7.29. The van der Waals surface area contributed by atoms with E-state index in [1.807, 2.05) is 24.3 Å². The van der Waals surface area contributed by atoms with Gasteiger partial charge in [-0.2, -0.15) is 0 Å². The molecule has 0 atom stereocenters. The fraction of sp³-hybridized carbons (Fsp3) is 0.400. The first-order valence-electron chi connectivity index (χ1n) is 6.70. The van der Waals surface area contributed by atoms with E-state index in [-0.39, 0.29) is 6.03 Å². The lowest BCUT2D eigenvalue weighted by atomic mass is 10.1. The molecule has 1 fully saturated rings. The quantitative estimate of drug-likeness (QED) is 0.863. The lowest BCUT2D eigenvalue weighted by Gasteiger charge is -2.07. The molecule has 0 heterocycles. The lowest BCUT2D eigenvalue weighted by molar-refractivity contribution is 0.243. The molecule has 1 aromatic rings. The molecule has 2 rings (SSSR count). The summed E-state index contributed by atoms with van der Waals surface area (Å²) in [5.41, 5.74) is 0.916. The molecule has 2 N–H and O–H groups in total. The van der Waals surface area contributed by atoms with Crippen LogP contribution in [0.1, 0.15) is 31.2 Å². The van der Waals surface area contributed by atoms with E-state index in [4.69, 9.17) is 11.6 Å². The third-order valence-electron chi connectivity index (χ3n) is 3.38. The summed E-state index contributed by atoms with van der Waals surface area (Å²) in [5, 5.41) is 6.18. The second-order valence-corrected chi connectivity index (χ2v) is 5.23. The Balaban J connectivity index is 1.71. The van der Waals surface area contributed by atoms with Gasteiger partial charge in [-0.25, -0.2) is 4.79 Å². The van der Waals surface area contributed by atoms with E-state index in [0.717, 1.165) is 5.56 Å². The lowest BCUT2D eigenvalue weighted by Crippen LogP contribution is -2.31. The summed E-state index contributed by atoms with van der Waals surface area (Å²) >= 11 is 6.01. The highest BCUT2D eigenvalue weighted by Gasteiger charge is 2.11. The predicted molar refractivity (Wildman–Crippen MR) is 77.9 cm³/mol. The van der Waals surface area contributed by atoms with E-state index in [9.17, 15) is 4.79 Å². The Morgan fingerprint density at radius 1 is 1.32 bits per heavy atom. The van der Waals surface area contributed by atoms with Gasteiger partial charge in [0, 0.05) is 17.8 Å². The molecule has 4 heteroatoms. The maximum Gasteiger partial charge on any atom is 0.319 e. The van der Waals surface area contributed by atoms with Gasteiger partial charge in [-0.15, -0.1) is 0 Å². The van der Waals surface area contributed by atoms with E-state index < -0.39 is 0 Å². The van der Waals surface area contributed by atoms with Crippen LogP contribution in [0.25, 0.3) is 0 Å². The summed E-state index contributed by atoms with van der Waals surface area (Å²) in [5.74, 6) is 0.629. The molecule has 0 saturated heterocycles. The number of hydrogen-bond acceptors (Lipinski definition) is 1. The van der Waals surface area contributed by atoms with Crippen LogP contribution in [-0.4, -0.2) is 6.03 Å². The van der Waals surface area contributed by atoms with Gasteiger partial charge in [-0.05, 0) is 30.4 Å². The zero-order valence-corrected chi connectivity index (χ0v) is 11.6. The minimum atomic E-state index is -0.200. The van der Waals surface area contributed by atoms with E-state index in [2.05, 4.69) is 16.7 Å². The van der Waals surface area contributed by atoms with Crippen LogP contribution in [0, 0.1) is 5.92 Å². The third kappa shape index (κ3) is 4.60. The zero-order valence-electron chi connectivity index (χ0n) is 10.9. The number of halogens is 1. The van der Waals surface area contributed by atoms with E-state index >= 15 is 0 Å². The first-order chi connectivity index (χ1) is 9.25. The highest BCUT2D eigenvalue weighted by Crippen LogP contribution is 2.25. The number of nitrogens with one attached hydrogen (secondary N) is 2. The van der Waals surface area contributed by atoms with Crippen LogP contribution in [0.5, 0.6) is 0 Å². The number of benzene rings is 1. The Morgan fingerprint density at radius 2 is 2.05 bits per heavy atom.